The Morgan fingerprint density at radius 3 is 2.25 bits per heavy atom. The first-order chi connectivity index (χ1) is 9.42. The number of rotatable bonds is 6. The first-order valence-electron chi connectivity index (χ1n) is 7.61. The van der Waals surface area contributed by atoms with E-state index in [1.807, 2.05) is 12.1 Å². The zero-order valence-electron chi connectivity index (χ0n) is 13.2. The normalized spacial score (nSPS) is 17.6. The summed E-state index contributed by atoms with van der Waals surface area (Å²) in [6, 6.07) is 8.13. The van der Waals surface area contributed by atoms with E-state index in [1.165, 1.54) is 12.0 Å². The second-order valence-electron chi connectivity index (χ2n) is 6.66. The molecule has 0 spiro atoms. The number of ketones is 1. The van der Waals surface area contributed by atoms with Crippen molar-refractivity contribution in [2.75, 3.05) is 7.11 Å². The number of benzene rings is 1. The minimum atomic E-state index is -0.182. The fourth-order valence-electron chi connectivity index (χ4n) is 2.73. The molecular weight excluding hydrogens is 248 g/mol. The molecule has 1 aromatic carbocycles. The van der Waals surface area contributed by atoms with Gasteiger partial charge < -0.3 is 4.74 Å². The van der Waals surface area contributed by atoms with E-state index < -0.39 is 0 Å². The highest BCUT2D eigenvalue weighted by molar-refractivity contribution is 5.96. The maximum Gasteiger partial charge on any atom is 0.165 e. The summed E-state index contributed by atoms with van der Waals surface area (Å²) in [5.41, 5.74) is 2.09. The third-order valence-corrected chi connectivity index (χ3v) is 5.05. The summed E-state index contributed by atoms with van der Waals surface area (Å²) in [6.45, 7) is 6.66. The van der Waals surface area contributed by atoms with Crippen LogP contribution in [0.5, 0.6) is 0 Å². The van der Waals surface area contributed by atoms with Crippen LogP contribution < -0.4 is 0 Å². The number of hydrogen-bond donors (Lipinski definition) is 0. The molecule has 2 heteroatoms. The summed E-state index contributed by atoms with van der Waals surface area (Å²) >= 11 is 0. The van der Waals surface area contributed by atoms with Crippen LogP contribution in [0.15, 0.2) is 24.3 Å². The van der Waals surface area contributed by atoms with Gasteiger partial charge in [-0.2, -0.15) is 0 Å². The lowest BCUT2D eigenvalue weighted by Gasteiger charge is -2.40. The minimum Gasteiger partial charge on any atom is -0.378 e. The molecule has 1 aromatic rings. The largest absolute Gasteiger partial charge is 0.378 e. The van der Waals surface area contributed by atoms with Crippen molar-refractivity contribution in [3.8, 4) is 0 Å². The zero-order valence-corrected chi connectivity index (χ0v) is 13.2. The van der Waals surface area contributed by atoms with E-state index in [9.17, 15) is 4.79 Å². The van der Waals surface area contributed by atoms with Gasteiger partial charge in [0.05, 0.1) is 5.60 Å². The van der Waals surface area contributed by atoms with Crippen LogP contribution in [0.3, 0.4) is 0 Å². The molecule has 1 saturated carbocycles. The van der Waals surface area contributed by atoms with Gasteiger partial charge in [0.25, 0.3) is 0 Å². The highest BCUT2D eigenvalue weighted by atomic mass is 16.5. The Morgan fingerprint density at radius 2 is 1.85 bits per heavy atom. The summed E-state index contributed by atoms with van der Waals surface area (Å²) in [7, 11) is 1.72. The van der Waals surface area contributed by atoms with Crippen molar-refractivity contribution >= 4 is 5.78 Å². The molecular formula is C18H26O2. The average Bonchev–Trinajstić information content (AvgIpc) is 2.42. The van der Waals surface area contributed by atoms with Gasteiger partial charge in [-0.25, -0.2) is 0 Å². The van der Waals surface area contributed by atoms with E-state index in [4.69, 9.17) is 4.74 Å². The summed E-state index contributed by atoms with van der Waals surface area (Å²) in [5, 5.41) is 0. The van der Waals surface area contributed by atoms with Gasteiger partial charge in [-0.15, -0.1) is 0 Å². The highest BCUT2D eigenvalue weighted by Crippen LogP contribution is 2.39. The molecule has 110 valence electrons. The minimum absolute atomic E-state index is 0.170. The summed E-state index contributed by atoms with van der Waals surface area (Å²) in [5.74, 6) is 0.201. The third-order valence-electron chi connectivity index (χ3n) is 5.05. The van der Waals surface area contributed by atoms with E-state index in [2.05, 4.69) is 32.9 Å². The van der Waals surface area contributed by atoms with E-state index in [-0.39, 0.29) is 16.8 Å². The van der Waals surface area contributed by atoms with E-state index in [0.717, 1.165) is 24.8 Å². The molecule has 2 rings (SSSR count). The van der Waals surface area contributed by atoms with Crippen molar-refractivity contribution in [3.05, 3.63) is 35.4 Å². The summed E-state index contributed by atoms with van der Waals surface area (Å²) in [6.07, 6.45) is 4.80. The van der Waals surface area contributed by atoms with Crippen LogP contribution in [-0.4, -0.2) is 18.5 Å². The second kappa shape index (κ2) is 5.69. The predicted molar refractivity (Wildman–Crippen MR) is 82.3 cm³/mol. The Bertz CT molecular complexity index is 461. The summed E-state index contributed by atoms with van der Waals surface area (Å²) < 4.78 is 5.54. The first-order valence-corrected chi connectivity index (χ1v) is 7.61. The van der Waals surface area contributed by atoms with Crippen molar-refractivity contribution in [2.45, 2.75) is 63.9 Å². The van der Waals surface area contributed by atoms with E-state index in [0.29, 0.717) is 6.42 Å². The predicted octanol–water partition coefficient (Wildman–Crippen LogP) is 4.52. The van der Waals surface area contributed by atoms with Gasteiger partial charge in [0.15, 0.2) is 5.78 Å². The number of Topliss-reactive ketones (excluding diaryl/α,β-unsaturated/α-hetero) is 1. The van der Waals surface area contributed by atoms with Crippen molar-refractivity contribution in [1.29, 1.82) is 0 Å². The molecule has 0 heterocycles. The SMILES string of the molecule is CCC(C)(C)c1ccc(C(=O)CC2(OC)CCC2)cc1. The molecule has 0 amide bonds. The van der Waals surface area contributed by atoms with E-state index >= 15 is 0 Å². The highest BCUT2D eigenvalue weighted by Gasteiger charge is 2.39. The van der Waals surface area contributed by atoms with Gasteiger partial charge in [0.1, 0.15) is 0 Å². The van der Waals surface area contributed by atoms with Gasteiger partial charge in [-0.1, -0.05) is 45.0 Å². The molecule has 20 heavy (non-hydrogen) atoms. The Kier molecular flexibility index (Phi) is 4.33. The molecule has 1 aliphatic rings. The molecule has 0 radical (unpaired) electrons. The molecule has 0 unspecified atom stereocenters. The van der Waals surface area contributed by atoms with Crippen LogP contribution in [0.4, 0.5) is 0 Å². The maximum atomic E-state index is 12.4. The Balaban J connectivity index is 2.08. The number of ether oxygens (including phenoxy) is 1. The lowest BCUT2D eigenvalue weighted by atomic mass is 9.75. The van der Waals surface area contributed by atoms with Crippen LogP contribution in [-0.2, 0) is 10.2 Å². The maximum absolute atomic E-state index is 12.4. The smallest absolute Gasteiger partial charge is 0.165 e. The molecule has 2 nitrogen and oxygen atoms in total. The van der Waals surface area contributed by atoms with Crippen molar-refractivity contribution in [3.63, 3.8) is 0 Å². The summed E-state index contributed by atoms with van der Waals surface area (Å²) in [4.78, 5) is 12.4. The van der Waals surface area contributed by atoms with Crippen molar-refractivity contribution in [1.82, 2.24) is 0 Å². The molecule has 0 atom stereocenters. The number of methoxy groups -OCH3 is 1. The molecule has 0 aliphatic heterocycles. The quantitative estimate of drug-likeness (QED) is 0.713. The Labute approximate surface area is 122 Å². The standard InChI is InChI=1S/C18H26O2/c1-5-17(2,3)15-9-7-14(8-10-15)16(19)13-18(20-4)11-6-12-18/h7-10H,5-6,11-13H2,1-4H3. The molecule has 0 bridgehead atoms. The van der Waals surface area contributed by atoms with Gasteiger partial charge in [0.2, 0.25) is 0 Å². The van der Waals surface area contributed by atoms with Crippen LogP contribution in [0, 0.1) is 0 Å². The number of carbonyl (C=O) groups excluding carboxylic acids is 1. The first kappa shape index (κ1) is 15.2. The third kappa shape index (κ3) is 2.95. The van der Waals surface area contributed by atoms with Crippen molar-refractivity contribution < 1.29 is 9.53 Å². The molecule has 1 aliphatic carbocycles. The average molecular weight is 274 g/mol. The van der Waals surface area contributed by atoms with Crippen LogP contribution in [0.1, 0.15) is 68.8 Å². The monoisotopic (exact) mass is 274 g/mol. The topological polar surface area (TPSA) is 26.3 Å². The molecule has 0 N–H and O–H groups in total. The Morgan fingerprint density at radius 1 is 1.25 bits per heavy atom. The van der Waals surface area contributed by atoms with E-state index in [1.54, 1.807) is 7.11 Å². The second-order valence-corrected chi connectivity index (χ2v) is 6.66. The van der Waals surface area contributed by atoms with Gasteiger partial charge in [0, 0.05) is 19.1 Å². The molecule has 0 aromatic heterocycles. The van der Waals surface area contributed by atoms with Gasteiger partial charge in [-0.05, 0) is 36.7 Å². The van der Waals surface area contributed by atoms with Crippen LogP contribution in [0.2, 0.25) is 0 Å². The zero-order chi connectivity index (χ0) is 14.8. The molecule has 0 saturated heterocycles. The fourth-order valence-corrected chi connectivity index (χ4v) is 2.73. The van der Waals surface area contributed by atoms with Gasteiger partial charge >= 0.3 is 0 Å². The van der Waals surface area contributed by atoms with Gasteiger partial charge in [-0.3, -0.25) is 4.79 Å². The Hall–Kier alpha value is -1.15. The number of hydrogen-bond acceptors (Lipinski definition) is 2. The number of carbonyl (C=O) groups is 1. The fraction of sp³-hybridized carbons (Fsp3) is 0.611. The lowest BCUT2D eigenvalue weighted by molar-refractivity contribution is -0.0704. The lowest BCUT2D eigenvalue weighted by Crippen LogP contribution is -2.41. The van der Waals surface area contributed by atoms with Crippen LogP contribution >= 0.6 is 0 Å². The van der Waals surface area contributed by atoms with Crippen molar-refractivity contribution in [2.24, 2.45) is 0 Å². The van der Waals surface area contributed by atoms with Crippen LogP contribution in [0.25, 0.3) is 0 Å². The molecule has 1 fully saturated rings.